The van der Waals surface area contributed by atoms with Gasteiger partial charge in [0.2, 0.25) is 5.91 Å². The summed E-state index contributed by atoms with van der Waals surface area (Å²) in [6.07, 6.45) is 16.6. The summed E-state index contributed by atoms with van der Waals surface area (Å²) in [4.78, 5) is 12.7. The van der Waals surface area contributed by atoms with Crippen LogP contribution in [0.3, 0.4) is 0 Å². The molecule has 0 aliphatic carbocycles. The van der Waals surface area contributed by atoms with Crippen molar-refractivity contribution in [2.75, 3.05) is 13.2 Å². The largest absolute Gasteiger partial charge is 0.394 e. The zero-order valence-electron chi connectivity index (χ0n) is 26.5. The summed E-state index contributed by atoms with van der Waals surface area (Å²) in [5, 5.41) is 53.7. The van der Waals surface area contributed by atoms with Crippen molar-refractivity contribution in [1.29, 1.82) is 0 Å². The Bertz CT molecular complexity index is 676. The van der Waals surface area contributed by atoms with Crippen LogP contribution in [0.5, 0.6) is 0 Å². The molecule has 2 unspecified atom stereocenters. The smallest absolute Gasteiger partial charge is 0.220 e. The Kier molecular flexibility index (Phi) is 23.4. The number of aliphatic hydroxyl groups excluding tert-OH is 5. The van der Waals surface area contributed by atoms with Crippen molar-refractivity contribution in [2.45, 2.75) is 179 Å². The Labute approximate surface area is 255 Å². The Hall–Kier alpha value is -1.07. The van der Waals surface area contributed by atoms with Crippen molar-refractivity contribution < 1.29 is 39.8 Å². The van der Waals surface area contributed by atoms with Gasteiger partial charge < -0.3 is 40.3 Å². The molecule has 1 fully saturated rings. The number of ether oxygens (including phenoxy) is 2. The molecule has 42 heavy (non-hydrogen) atoms. The first-order valence-electron chi connectivity index (χ1n) is 16.9. The molecule has 0 radical (unpaired) electrons. The number of rotatable bonds is 26. The normalized spacial score (nSPS) is 24.2. The van der Waals surface area contributed by atoms with Gasteiger partial charge in [-0.05, 0) is 38.5 Å². The van der Waals surface area contributed by atoms with E-state index in [4.69, 9.17) is 9.47 Å². The maximum Gasteiger partial charge on any atom is 0.220 e. The fourth-order valence-corrected chi connectivity index (χ4v) is 5.27. The number of carbonyl (C=O) groups is 1. The van der Waals surface area contributed by atoms with Gasteiger partial charge >= 0.3 is 0 Å². The molecule has 0 aromatic carbocycles. The van der Waals surface area contributed by atoms with Crippen molar-refractivity contribution in [3.63, 3.8) is 0 Å². The first-order valence-corrected chi connectivity index (χ1v) is 16.9. The van der Waals surface area contributed by atoms with E-state index in [1.165, 1.54) is 64.2 Å². The Balaban J connectivity index is 2.52. The number of allylic oxidation sites excluding steroid dienone is 2. The highest BCUT2D eigenvalue weighted by molar-refractivity contribution is 5.76. The van der Waals surface area contributed by atoms with Crippen LogP contribution in [0, 0.1) is 0 Å². The summed E-state index contributed by atoms with van der Waals surface area (Å²) >= 11 is 0. The third-order valence-corrected chi connectivity index (χ3v) is 8.12. The molecular formula is C33H63NO8. The van der Waals surface area contributed by atoms with Gasteiger partial charge in [0.25, 0.3) is 0 Å². The molecular weight excluding hydrogens is 538 g/mol. The molecule has 1 heterocycles. The van der Waals surface area contributed by atoms with E-state index in [-0.39, 0.29) is 12.5 Å². The van der Waals surface area contributed by atoms with Gasteiger partial charge in [-0.1, -0.05) is 103 Å². The van der Waals surface area contributed by atoms with Crippen molar-refractivity contribution in [2.24, 2.45) is 0 Å². The SMILES string of the molecule is CCCCCC/C=C/CCCC[C@@H](O)[C@H](CO[C@@H]1O[C@H](CO)[C@@H](O)C(O)C1O)NC(=O)CCCCCCCCCCC. The molecule has 9 heteroatoms. The van der Waals surface area contributed by atoms with Crippen LogP contribution in [0.4, 0.5) is 0 Å². The zero-order chi connectivity index (χ0) is 31.0. The molecule has 1 amide bonds. The average molecular weight is 602 g/mol. The van der Waals surface area contributed by atoms with E-state index in [1.807, 2.05) is 0 Å². The van der Waals surface area contributed by atoms with Crippen LogP contribution in [-0.2, 0) is 14.3 Å². The van der Waals surface area contributed by atoms with E-state index < -0.39 is 49.5 Å². The minimum absolute atomic E-state index is 0.148. The van der Waals surface area contributed by atoms with Gasteiger partial charge in [-0.25, -0.2) is 0 Å². The summed E-state index contributed by atoms with van der Waals surface area (Å²) in [5.74, 6) is -0.162. The molecule has 0 aromatic heterocycles. The second kappa shape index (κ2) is 25.3. The minimum Gasteiger partial charge on any atom is -0.394 e. The number of unbranched alkanes of at least 4 members (excludes halogenated alkanes) is 14. The third kappa shape index (κ3) is 17.3. The fraction of sp³-hybridized carbons (Fsp3) is 0.909. The maximum atomic E-state index is 12.7. The first kappa shape index (κ1) is 39.0. The lowest BCUT2D eigenvalue weighted by molar-refractivity contribution is -0.302. The second-order valence-electron chi connectivity index (χ2n) is 12.0. The van der Waals surface area contributed by atoms with Gasteiger partial charge in [-0.15, -0.1) is 0 Å². The van der Waals surface area contributed by atoms with Crippen molar-refractivity contribution in [3.05, 3.63) is 12.2 Å². The van der Waals surface area contributed by atoms with Crippen LogP contribution in [-0.4, -0.2) is 87.5 Å². The monoisotopic (exact) mass is 601 g/mol. The lowest BCUT2D eigenvalue weighted by atomic mass is 9.99. The number of nitrogens with one attached hydrogen (secondary N) is 1. The predicted octanol–water partition coefficient (Wildman–Crippen LogP) is 4.66. The molecule has 248 valence electrons. The van der Waals surface area contributed by atoms with Crippen LogP contribution >= 0.6 is 0 Å². The number of amides is 1. The molecule has 0 aromatic rings. The third-order valence-electron chi connectivity index (χ3n) is 8.12. The van der Waals surface area contributed by atoms with Crippen LogP contribution in [0.2, 0.25) is 0 Å². The molecule has 1 saturated heterocycles. The van der Waals surface area contributed by atoms with E-state index in [9.17, 15) is 30.3 Å². The molecule has 7 atom stereocenters. The fourth-order valence-electron chi connectivity index (χ4n) is 5.27. The first-order chi connectivity index (χ1) is 20.3. The molecule has 0 bridgehead atoms. The van der Waals surface area contributed by atoms with Crippen molar-refractivity contribution in [1.82, 2.24) is 5.32 Å². The maximum absolute atomic E-state index is 12.7. The zero-order valence-corrected chi connectivity index (χ0v) is 26.5. The van der Waals surface area contributed by atoms with E-state index in [2.05, 4.69) is 31.3 Å². The van der Waals surface area contributed by atoms with Gasteiger partial charge in [0, 0.05) is 6.42 Å². The Morgan fingerprint density at radius 1 is 0.786 bits per heavy atom. The lowest BCUT2D eigenvalue weighted by Crippen LogP contribution is -2.60. The molecule has 1 aliphatic heterocycles. The molecule has 0 saturated carbocycles. The van der Waals surface area contributed by atoms with Crippen LogP contribution < -0.4 is 5.32 Å². The van der Waals surface area contributed by atoms with Crippen LogP contribution in [0.15, 0.2) is 12.2 Å². The standard InChI is InChI=1S/C33H63NO8/c1-3-5-7-9-11-13-15-16-18-20-22-27(36)26(25-41-33-32(40)31(39)30(38)28(24-35)42-33)34-29(37)23-21-19-17-14-12-10-8-6-4-2/h13,15,26-28,30-33,35-36,38-40H,3-12,14,16-25H2,1-2H3,(H,34,37)/b15-13+/t26-,27+,28+,30+,31?,32?,33+/m0/s1. The summed E-state index contributed by atoms with van der Waals surface area (Å²) < 4.78 is 11.1. The highest BCUT2D eigenvalue weighted by atomic mass is 16.7. The summed E-state index contributed by atoms with van der Waals surface area (Å²) in [7, 11) is 0. The summed E-state index contributed by atoms with van der Waals surface area (Å²) in [5.41, 5.74) is 0. The predicted molar refractivity (Wildman–Crippen MR) is 166 cm³/mol. The Morgan fingerprint density at radius 2 is 1.33 bits per heavy atom. The Morgan fingerprint density at radius 3 is 1.93 bits per heavy atom. The van der Waals surface area contributed by atoms with Crippen molar-refractivity contribution in [3.8, 4) is 0 Å². The minimum atomic E-state index is -1.55. The van der Waals surface area contributed by atoms with E-state index in [1.54, 1.807) is 0 Å². The highest BCUT2D eigenvalue weighted by Crippen LogP contribution is 2.22. The van der Waals surface area contributed by atoms with Gasteiger partial charge in [0.1, 0.15) is 24.4 Å². The summed E-state index contributed by atoms with van der Waals surface area (Å²) in [6, 6.07) is -0.724. The lowest BCUT2D eigenvalue weighted by Gasteiger charge is -2.40. The summed E-state index contributed by atoms with van der Waals surface area (Å²) in [6.45, 7) is 3.72. The molecule has 1 rings (SSSR count). The topological polar surface area (TPSA) is 149 Å². The number of carbonyl (C=O) groups excluding carboxylic acids is 1. The van der Waals surface area contributed by atoms with E-state index in [0.717, 1.165) is 44.9 Å². The van der Waals surface area contributed by atoms with Crippen LogP contribution in [0.25, 0.3) is 0 Å². The van der Waals surface area contributed by atoms with Gasteiger partial charge in [-0.2, -0.15) is 0 Å². The van der Waals surface area contributed by atoms with Gasteiger partial charge in [-0.3, -0.25) is 4.79 Å². The quantitative estimate of drug-likeness (QED) is 0.0620. The second-order valence-corrected chi connectivity index (χ2v) is 12.0. The number of hydrogen-bond donors (Lipinski definition) is 6. The average Bonchev–Trinajstić information content (AvgIpc) is 2.98. The highest BCUT2D eigenvalue weighted by Gasteiger charge is 2.44. The van der Waals surface area contributed by atoms with Crippen molar-refractivity contribution >= 4 is 5.91 Å². The number of hydrogen-bond acceptors (Lipinski definition) is 8. The number of aliphatic hydroxyl groups is 5. The molecule has 6 N–H and O–H groups in total. The van der Waals surface area contributed by atoms with Gasteiger partial charge in [0.15, 0.2) is 6.29 Å². The van der Waals surface area contributed by atoms with E-state index >= 15 is 0 Å². The molecule has 0 spiro atoms. The van der Waals surface area contributed by atoms with Crippen LogP contribution in [0.1, 0.15) is 136 Å². The van der Waals surface area contributed by atoms with Gasteiger partial charge in [0.05, 0.1) is 25.4 Å². The molecule has 1 aliphatic rings. The van der Waals surface area contributed by atoms with E-state index in [0.29, 0.717) is 12.8 Å². The molecule has 9 nitrogen and oxygen atoms in total.